The Morgan fingerprint density at radius 1 is 0.966 bits per heavy atom. The number of aromatic carboxylic acids is 1. The monoisotopic (exact) mass is 451 g/mol. The molecular formula is C21H16Cl3NO4. The molecule has 2 aromatic carbocycles. The van der Waals surface area contributed by atoms with Crippen LogP contribution in [0.2, 0.25) is 15.1 Å². The number of hydrogen-bond donors (Lipinski definition) is 1. The topological polar surface area (TPSA) is 68.5 Å². The highest BCUT2D eigenvalue weighted by molar-refractivity contribution is 6.34. The van der Waals surface area contributed by atoms with E-state index in [1.54, 1.807) is 36.4 Å². The molecule has 0 spiro atoms. The summed E-state index contributed by atoms with van der Waals surface area (Å²) in [5.41, 5.74) is 1.17. The minimum Gasteiger partial charge on any atom is -0.486 e. The Morgan fingerprint density at radius 2 is 1.66 bits per heavy atom. The fraction of sp³-hybridized carbons (Fsp3) is 0.143. The first-order chi connectivity index (χ1) is 13.9. The van der Waals surface area contributed by atoms with Gasteiger partial charge in [0.05, 0.1) is 21.3 Å². The van der Waals surface area contributed by atoms with Gasteiger partial charge < -0.3 is 14.4 Å². The molecule has 0 amide bonds. The molecule has 0 radical (unpaired) electrons. The molecule has 150 valence electrons. The summed E-state index contributed by atoms with van der Waals surface area (Å²) < 4.78 is 7.21. The molecule has 0 bridgehead atoms. The Bertz CT molecular complexity index is 1090. The third-order valence-corrected chi connectivity index (χ3v) is 5.24. The lowest BCUT2D eigenvalue weighted by molar-refractivity contribution is 0.0697. The van der Waals surface area contributed by atoms with Gasteiger partial charge in [0.1, 0.15) is 17.4 Å². The third-order valence-electron chi connectivity index (χ3n) is 4.33. The van der Waals surface area contributed by atoms with Crippen molar-refractivity contribution >= 4 is 40.8 Å². The van der Waals surface area contributed by atoms with Crippen LogP contribution in [0.5, 0.6) is 5.75 Å². The molecule has 0 saturated heterocycles. The highest BCUT2D eigenvalue weighted by Crippen LogP contribution is 2.26. The average molecular weight is 453 g/mol. The van der Waals surface area contributed by atoms with Gasteiger partial charge in [0.2, 0.25) is 0 Å². The van der Waals surface area contributed by atoms with Gasteiger partial charge in [-0.15, -0.1) is 0 Å². The maximum Gasteiger partial charge on any atom is 0.335 e. The van der Waals surface area contributed by atoms with Gasteiger partial charge >= 0.3 is 5.97 Å². The molecular weight excluding hydrogens is 437 g/mol. The molecule has 0 saturated carbocycles. The van der Waals surface area contributed by atoms with Gasteiger partial charge in [0.15, 0.2) is 0 Å². The van der Waals surface area contributed by atoms with E-state index >= 15 is 0 Å². The van der Waals surface area contributed by atoms with Crippen molar-refractivity contribution in [3.63, 3.8) is 0 Å². The molecule has 3 aromatic rings. The van der Waals surface area contributed by atoms with Crippen molar-refractivity contribution in [1.82, 2.24) is 4.57 Å². The predicted octanol–water partition coefficient (Wildman–Crippen LogP) is 5.33. The van der Waals surface area contributed by atoms with Gasteiger partial charge in [0.25, 0.3) is 5.56 Å². The molecule has 0 aliphatic carbocycles. The summed E-state index contributed by atoms with van der Waals surface area (Å²) in [6.07, 6.45) is 0.482. The minimum absolute atomic E-state index is 0.0118. The van der Waals surface area contributed by atoms with Crippen LogP contribution >= 0.6 is 34.8 Å². The summed E-state index contributed by atoms with van der Waals surface area (Å²) in [5, 5.41) is 9.76. The van der Waals surface area contributed by atoms with E-state index in [4.69, 9.17) is 44.6 Å². The molecule has 0 aliphatic heterocycles. The Kier molecular flexibility index (Phi) is 6.85. The van der Waals surface area contributed by atoms with E-state index in [1.165, 1.54) is 22.8 Å². The van der Waals surface area contributed by atoms with Crippen molar-refractivity contribution in [3.05, 3.63) is 96.8 Å². The van der Waals surface area contributed by atoms with Gasteiger partial charge in [0, 0.05) is 6.54 Å². The number of rotatable bonds is 7. The highest BCUT2D eigenvalue weighted by Gasteiger charge is 2.14. The van der Waals surface area contributed by atoms with Crippen molar-refractivity contribution in [2.75, 3.05) is 0 Å². The lowest BCUT2D eigenvalue weighted by Gasteiger charge is -2.16. The fourth-order valence-electron chi connectivity index (χ4n) is 2.78. The van der Waals surface area contributed by atoms with Gasteiger partial charge in [-0.2, -0.15) is 0 Å². The summed E-state index contributed by atoms with van der Waals surface area (Å²) in [7, 11) is 0. The van der Waals surface area contributed by atoms with Crippen LogP contribution in [-0.4, -0.2) is 15.6 Å². The van der Waals surface area contributed by atoms with Crippen LogP contribution in [0.3, 0.4) is 0 Å². The second-order valence-electron chi connectivity index (χ2n) is 6.21. The first-order valence-electron chi connectivity index (χ1n) is 8.64. The molecule has 1 aromatic heterocycles. The van der Waals surface area contributed by atoms with Crippen LogP contribution in [-0.2, 0) is 19.6 Å². The van der Waals surface area contributed by atoms with Crippen molar-refractivity contribution in [2.45, 2.75) is 19.6 Å². The van der Waals surface area contributed by atoms with Gasteiger partial charge in [-0.25, -0.2) is 4.79 Å². The van der Waals surface area contributed by atoms with Crippen molar-refractivity contribution in [3.8, 4) is 5.75 Å². The number of carbonyl (C=O) groups is 1. The number of aryl methyl sites for hydroxylation is 1. The molecule has 5 nitrogen and oxygen atoms in total. The zero-order chi connectivity index (χ0) is 21.0. The molecule has 1 N–H and O–H groups in total. The second kappa shape index (κ2) is 9.35. The molecule has 8 heteroatoms. The average Bonchev–Trinajstić information content (AvgIpc) is 2.70. The van der Waals surface area contributed by atoms with Crippen LogP contribution in [0.1, 0.15) is 21.6 Å². The number of halogens is 3. The number of benzene rings is 2. The fourth-order valence-corrected chi connectivity index (χ4v) is 3.51. The quantitative estimate of drug-likeness (QED) is 0.526. The predicted molar refractivity (Wildman–Crippen MR) is 114 cm³/mol. The van der Waals surface area contributed by atoms with Crippen LogP contribution < -0.4 is 10.3 Å². The van der Waals surface area contributed by atoms with E-state index in [1.807, 2.05) is 0 Å². The second-order valence-corrected chi connectivity index (χ2v) is 7.44. The largest absolute Gasteiger partial charge is 0.486 e. The van der Waals surface area contributed by atoms with Crippen LogP contribution in [0, 0.1) is 0 Å². The minimum atomic E-state index is -0.992. The normalized spacial score (nSPS) is 10.7. The molecule has 0 aliphatic rings. The summed E-state index contributed by atoms with van der Waals surface area (Å²) >= 11 is 18.5. The maximum atomic E-state index is 12.6. The summed E-state index contributed by atoms with van der Waals surface area (Å²) in [6, 6.07) is 14.9. The van der Waals surface area contributed by atoms with E-state index in [9.17, 15) is 9.59 Å². The summed E-state index contributed by atoms with van der Waals surface area (Å²) in [4.78, 5) is 23.6. The van der Waals surface area contributed by atoms with E-state index in [-0.39, 0.29) is 22.8 Å². The van der Waals surface area contributed by atoms with E-state index in [0.29, 0.717) is 34.5 Å². The van der Waals surface area contributed by atoms with E-state index < -0.39 is 5.97 Å². The highest BCUT2D eigenvalue weighted by atomic mass is 35.5. The lowest BCUT2D eigenvalue weighted by Crippen LogP contribution is -2.26. The first-order valence-corrected chi connectivity index (χ1v) is 9.77. The molecule has 0 unspecified atom stereocenters. The summed E-state index contributed by atoms with van der Waals surface area (Å²) in [6.45, 7) is 0.333. The maximum absolute atomic E-state index is 12.6. The number of ether oxygens (including phenoxy) is 1. The van der Waals surface area contributed by atoms with Crippen LogP contribution in [0.25, 0.3) is 0 Å². The number of nitrogens with zero attached hydrogens (tertiary/aromatic N) is 1. The molecule has 0 fully saturated rings. The number of carboxylic acids is 1. The lowest BCUT2D eigenvalue weighted by atomic mass is 10.1. The van der Waals surface area contributed by atoms with Crippen molar-refractivity contribution in [1.29, 1.82) is 0 Å². The molecule has 0 atom stereocenters. The van der Waals surface area contributed by atoms with E-state index in [2.05, 4.69) is 0 Å². The van der Waals surface area contributed by atoms with Gasteiger partial charge in [-0.05, 0) is 42.3 Å². The number of aromatic nitrogens is 1. The Balaban J connectivity index is 1.84. The number of para-hydroxylation sites is 1. The molecule has 1 heterocycles. The van der Waals surface area contributed by atoms with E-state index in [0.717, 1.165) is 5.56 Å². The Labute approximate surface area is 182 Å². The molecule has 29 heavy (non-hydrogen) atoms. The third kappa shape index (κ3) is 5.12. The smallest absolute Gasteiger partial charge is 0.335 e. The number of carboxylic acid groups (broad SMARTS) is 1. The number of pyridine rings is 1. The van der Waals surface area contributed by atoms with Gasteiger partial charge in [-0.1, -0.05) is 59.1 Å². The standard InChI is InChI=1S/C21H16Cl3NO4/c22-15-3-1-2-4-19(15)29-12-18-16(23)11-17(24)20(26)25(18)10-9-13-5-7-14(8-6-13)21(27)28/h1-8,11H,9-10,12H2,(H,27,28). The van der Waals surface area contributed by atoms with Crippen LogP contribution in [0.4, 0.5) is 0 Å². The van der Waals surface area contributed by atoms with Crippen molar-refractivity contribution in [2.24, 2.45) is 0 Å². The SMILES string of the molecule is O=C(O)c1ccc(CCn2c(COc3ccccc3Cl)c(Cl)cc(Cl)c2=O)cc1. The number of hydrogen-bond acceptors (Lipinski definition) is 3. The summed E-state index contributed by atoms with van der Waals surface area (Å²) in [5.74, 6) is -0.517. The zero-order valence-corrected chi connectivity index (χ0v) is 17.3. The van der Waals surface area contributed by atoms with Crippen LogP contribution in [0.15, 0.2) is 59.4 Å². The zero-order valence-electron chi connectivity index (χ0n) is 15.1. The van der Waals surface area contributed by atoms with Crippen molar-refractivity contribution < 1.29 is 14.6 Å². The van der Waals surface area contributed by atoms with Gasteiger partial charge in [-0.3, -0.25) is 4.79 Å². The first kappa shape index (κ1) is 21.2. The Hall–Kier alpha value is -2.47. The Morgan fingerprint density at radius 3 is 2.31 bits per heavy atom. The molecule has 3 rings (SSSR count).